The number of hydrogen-bond acceptors (Lipinski definition) is 8. The van der Waals surface area contributed by atoms with Crippen molar-refractivity contribution in [3.8, 4) is 0 Å². The van der Waals surface area contributed by atoms with E-state index in [-0.39, 0.29) is 12.4 Å². The van der Waals surface area contributed by atoms with E-state index in [0.29, 0.717) is 36.9 Å². The molecule has 0 fully saturated rings. The number of carbonyl (C=O) groups excluding carboxylic acids is 1. The number of nitrogens with one attached hydrogen (secondary N) is 2. The summed E-state index contributed by atoms with van der Waals surface area (Å²) in [4.78, 5) is 47.3. The van der Waals surface area contributed by atoms with Gasteiger partial charge in [-0.15, -0.1) is 0 Å². The van der Waals surface area contributed by atoms with Crippen LogP contribution < -0.4 is 21.5 Å². The van der Waals surface area contributed by atoms with Gasteiger partial charge in [-0.2, -0.15) is 0 Å². The van der Waals surface area contributed by atoms with Gasteiger partial charge in [-0.25, -0.2) is 0 Å². The van der Waals surface area contributed by atoms with Crippen molar-refractivity contribution in [2.45, 2.75) is 259 Å². The third-order valence-electron chi connectivity index (χ3n) is 13.2. The topological polar surface area (TPSA) is 125 Å². The van der Waals surface area contributed by atoms with E-state index in [4.69, 9.17) is 14.6 Å². The lowest BCUT2D eigenvalue weighted by Crippen LogP contribution is -2.37. The number of ether oxygens (including phenoxy) is 1. The molecular weight excluding hydrogens is 787 g/mol. The molecule has 0 aliphatic carbocycles. The minimum Gasteiger partial charge on any atom is -0.483 e. The molecule has 0 aliphatic heterocycles. The van der Waals surface area contributed by atoms with Crippen LogP contribution in [0, 0.1) is 11.8 Å². The molecule has 0 saturated carbocycles. The zero-order valence-electron chi connectivity index (χ0n) is 42.2. The Bertz CT molecular complexity index is 1190. The molecule has 63 heavy (non-hydrogen) atoms. The van der Waals surface area contributed by atoms with Crippen LogP contribution in [-0.4, -0.2) is 62.3 Å². The summed E-state index contributed by atoms with van der Waals surface area (Å²) in [6.45, 7) is 13.4. The van der Waals surface area contributed by atoms with Crippen molar-refractivity contribution in [1.29, 1.82) is 0 Å². The molecule has 9 nitrogen and oxygen atoms in total. The van der Waals surface area contributed by atoms with Crippen LogP contribution in [0.25, 0.3) is 0 Å². The quantitative estimate of drug-likeness (QED) is 0.0254. The molecule has 0 heterocycles. The monoisotopic (exact) mass is 890 g/mol. The van der Waals surface area contributed by atoms with Crippen LogP contribution in [0.2, 0.25) is 0 Å². The van der Waals surface area contributed by atoms with Gasteiger partial charge >= 0.3 is 5.97 Å². The lowest BCUT2D eigenvalue weighted by molar-refractivity contribution is -0.144. The molecule has 0 atom stereocenters. The smallest absolute Gasteiger partial charge is 0.305 e. The minimum atomic E-state index is -0.413. The first-order chi connectivity index (χ1) is 30.8. The standard InChI is InChI=1S/C53H101N3O4.CH2O2/c1-6-10-14-26-35-47(36-27-15-11-7-2)37-30-22-19-18-20-24-32-43-56(45-34-42-55-51-50(54-5)52(58)53(51)59)44-33-25-21-23-31-40-49(57)60-46-41-48(38-28-16-12-8-3)39-29-17-13-9-4;2-1-3/h47-48,54-55H,6-46H2,1-5H3;1H,(H,2,3). The van der Waals surface area contributed by atoms with Crippen molar-refractivity contribution in [1.82, 2.24) is 4.90 Å². The van der Waals surface area contributed by atoms with E-state index in [9.17, 15) is 14.4 Å². The zero-order valence-corrected chi connectivity index (χ0v) is 42.2. The highest BCUT2D eigenvalue weighted by atomic mass is 16.5. The van der Waals surface area contributed by atoms with Gasteiger partial charge in [0.1, 0.15) is 11.4 Å². The number of carboxylic acid groups (broad SMARTS) is 1. The lowest BCUT2D eigenvalue weighted by atomic mass is 9.89. The molecule has 0 radical (unpaired) electrons. The average Bonchev–Trinajstić information content (AvgIpc) is 3.28. The largest absolute Gasteiger partial charge is 0.483 e. The lowest BCUT2D eigenvalue weighted by Gasteiger charge is -2.23. The Morgan fingerprint density at radius 1 is 0.524 bits per heavy atom. The van der Waals surface area contributed by atoms with Gasteiger partial charge in [0.25, 0.3) is 17.3 Å². The van der Waals surface area contributed by atoms with E-state index in [1.54, 1.807) is 7.05 Å². The molecule has 0 spiro atoms. The van der Waals surface area contributed by atoms with Gasteiger partial charge < -0.3 is 25.4 Å². The number of anilines is 2. The van der Waals surface area contributed by atoms with Crippen LogP contribution in [0.15, 0.2) is 9.59 Å². The number of hydrogen-bond donors (Lipinski definition) is 3. The SMILES string of the molecule is CCCCCCC(CCCCCC)CCCCCCCCCN(CCCCCCCC(=O)OCCC(CCCCCC)CCCCCC)CCCNc1c(NC)c(=O)c1=O.O=CO. The van der Waals surface area contributed by atoms with Crippen molar-refractivity contribution in [3.63, 3.8) is 0 Å². The molecule has 9 heteroatoms. The second kappa shape index (κ2) is 46.1. The summed E-state index contributed by atoms with van der Waals surface area (Å²) in [7, 11) is 1.69. The highest BCUT2D eigenvalue weighted by Crippen LogP contribution is 2.25. The first-order valence-electron chi connectivity index (χ1n) is 27.0. The molecule has 0 aliphatic rings. The summed E-state index contributed by atoms with van der Waals surface area (Å²) in [5.41, 5.74) is 0.0597. The molecule has 3 N–H and O–H groups in total. The van der Waals surface area contributed by atoms with Gasteiger partial charge in [0.05, 0.1) is 6.61 Å². The number of unbranched alkanes of at least 4 members (excludes halogenated alkanes) is 22. The summed E-state index contributed by atoms with van der Waals surface area (Å²) < 4.78 is 5.71. The van der Waals surface area contributed by atoms with E-state index in [0.717, 1.165) is 57.7 Å². The number of carbonyl (C=O) groups is 2. The third-order valence-corrected chi connectivity index (χ3v) is 13.2. The molecular formula is C54H103N3O6. The fourth-order valence-corrected chi connectivity index (χ4v) is 9.15. The second-order valence-electron chi connectivity index (χ2n) is 18.8. The normalized spacial score (nSPS) is 11.4. The summed E-state index contributed by atoms with van der Waals surface area (Å²) in [5, 5.41) is 13.0. The summed E-state index contributed by atoms with van der Waals surface area (Å²) in [6, 6.07) is 0. The van der Waals surface area contributed by atoms with Crippen molar-refractivity contribution < 1.29 is 19.4 Å². The van der Waals surface area contributed by atoms with E-state index < -0.39 is 10.9 Å². The van der Waals surface area contributed by atoms with Gasteiger partial charge in [0.15, 0.2) is 0 Å². The molecule has 0 unspecified atom stereocenters. The van der Waals surface area contributed by atoms with Crippen molar-refractivity contribution in [3.05, 3.63) is 20.4 Å². The van der Waals surface area contributed by atoms with Gasteiger partial charge in [-0.1, -0.05) is 220 Å². The Labute approximate surface area is 388 Å². The minimum absolute atomic E-state index is 0.00830. The van der Waals surface area contributed by atoms with E-state index in [1.807, 2.05) is 0 Å². The van der Waals surface area contributed by atoms with Gasteiger partial charge in [-0.05, 0) is 63.6 Å². The number of rotatable bonds is 47. The molecule has 0 saturated heterocycles. The maximum atomic E-state index is 12.5. The Hall–Kier alpha value is -2.42. The summed E-state index contributed by atoms with van der Waals surface area (Å²) >= 11 is 0. The van der Waals surface area contributed by atoms with Crippen molar-refractivity contribution >= 4 is 23.8 Å². The van der Waals surface area contributed by atoms with Crippen LogP contribution in [0.3, 0.4) is 0 Å². The summed E-state index contributed by atoms with van der Waals surface area (Å²) in [5.74, 6) is 1.66. The maximum absolute atomic E-state index is 12.5. The van der Waals surface area contributed by atoms with Crippen molar-refractivity contribution in [2.24, 2.45) is 11.8 Å². The zero-order chi connectivity index (χ0) is 46.4. The molecule has 1 rings (SSSR count). The number of nitrogens with zero attached hydrogens (tertiary/aromatic N) is 1. The predicted octanol–water partition coefficient (Wildman–Crippen LogP) is 14.6. The van der Waals surface area contributed by atoms with E-state index in [2.05, 4.69) is 43.2 Å². The van der Waals surface area contributed by atoms with Crippen LogP contribution in [0.5, 0.6) is 0 Å². The first-order valence-corrected chi connectivity index (χ1v) is 27.0. The highest BCUT2D eigenvalue weighted by Gasteiger charge is 2.19. The van der Waals surface area contributed by atoms with Gasteiger partial charge in [0, 0.05) is 20.0 Å². The highest BCUT2D eigenvalue weighted by molar-refractivity contribution is 5.73. The predicted molar refractivity (Wildman–Crippen MR) is 271 cm³/mol. The molecule has 1 aromatic rings. The first kappa shape index (κ1) is 60.6. The number of esters is 1. The van der Waals surface area contributed by atoms with Crippen LogP contribution >= 0.6 is 0 Å². The Balaban J connectivity index is 0.0000124. The van der Waals surface area contributed by atoms with Crippen LogP contribution in [0.4, 0.5) is 11.4 Å². The second-order valence-corrected chi connectivity index (χ2v) is 18.8. The van der Waals surface area contributed by atoms with E-state index >= 15 is 0 Å². The van der Waals surface area contributed by atoms with Gasteiger partial charge in [0.2, 0.25) is 0 Å². The molecule has 370 valence electrons. The van der Waals surface area contributed by atoms with Crippen molar-refractivity contribution in [2.75, 3.05) is 50.5 Å². The fourth-order valence-electron chi connectivity index (χ4n) is 9.15. The average molecular weight is 890 g/mol. The summed E-state index contributed by atoms with van der Waals surface area (Å²) in [6.07, 6.45) is 46.2. The van der Waals surface area contributed by atoms with Crippen LogP contribution in [0.1, 0.15) is 259 Å². The Morgan fingerprint density at radius 2 is 0.873 bits per heavy atom. The van der Waals surface area contributed by atoms with E-state index in [1.165, 1.54) is 193 Å². The molecule has 0 bridgehead atoms. The molecule has 0 aromatic heterocycles. The third kappa shape index (κ3) is 35.5. The maximum Gasteiger partial charge on any atom is 0.305 e. The molecule has 0 amide bonds. The Morgan fingerprint density at radius 3 is 1.30 bits per heavy atom. The van der Waals surface area contributed by atoms with Crippen LogP contribution in [-0.2, 0) is 14.3 Å². The Kier molecular flexibility index (Phi) is 44.4. The van der Waals surface area contributed by atoms with Gasteiger partial charge in [-0.3, -0.25) is 19.2 Å². The fraction of sp³-hybridized carbons (Fsp3) is 0.889. The molecule has 1 aromatic carbocycles.